The first-order valence-electron chi connectivity index (χ1n) is 10.6. The summed E-state index contributed by atoms with van der Waals surface area (Å²) in [4.78, 5) is 6.21. The van der Waals surface area contributed by atoms with Gasteiger partial charge in [-0.1, -0.05) is 76.6 Å². The summed E-state index contributed by atoms with van der Waals surface area (Å²) in [5.41, 5.74) is 4.44. The Balaban J connectivity index is 1.54. The summed E-state index contributed by atoms with van der Waals surface area (Å²) < 4.78 is 0.930. The molecule has 0 bridgehead atoms. The molecule has 0 amide bonds. The van der Waals surface area contributed by atoms with E-state index >= 15 is 0 Å². The van der Waals surface area contributed by atoms with Crippen molar-refractivity contribution in [3.05, 3.63) is 57.9 Å². The molecule has 0 aliphatic carbocycles. The van der Waals surface area contributed by atoms with Crippen molar-refractivity contribution in [3.63, 3.8) is 0 Å². The second-order valence-electron chi connectivity index (χ2n) is 7.84. The molecule has 0 saturated carbocycles. The van der Waals surface area contributed by atoms with Gasteiger partial charge in [-0.2, -0.15) is 0 Å². The highest BCUT2D eigenvalue weighted by atomic mass is 32.9. The molecule has 1 saturated heterocycles. The van der Waals surface area contributed by atoms with Crippen molar-refractivity contribution >= 4 is 32.9 Å². The summed E-state index contributed by atoms with van der Waals surface area (Å²) in [5.74, 6) is 0.382. The molecule has 2 aromatic carbocycles. The molecule has 6 heteroatoms. The Bertz CT molecular complexity index is 1020. The Morgan fingerprint density at radius 2 is 1.67 bits per heavy atom. The average molecular weight is 457 g/mol. The number of hydrogen-bond acceptors (Lipinski definition) is 6. The highest BCUT2D eigenvalue weighted by molar-refractivity contribution is 7.80. The molecule has 0 atom stereocenters. The van der Waals surface area contributed by atoms with Crippen LogP contribution in [0.3, 0.4) is 0 Å². The lowest BCUT2D eigenvalue weighted by atomic mass is 10.0. The minimum absolute atomic E-state index is 0.382. The van der Waals surface area contributed by atoms with E-state index in [1.54, 1.807) is 20.7 Å². The summed E-state index contributed by atoms with van der Waals surface area (Å²) >= 11 is 5.65. The van der Waals surface area contributed by atoms with Gasteiger partial charge in [0.2, 0.25) is 0 Å². The smallest absolute Gasteiger partial charge is 0.120 e. The lowest BCUT2D eigenvalue weighted by molar-refractivity contribution is 0.125. The first-order valence-corrected chi connectivity index (χ1v) is 13.2. The maximum Gasteiger partial charge on any atom is 0.120 e. The third-order valence-electron chi connectivity index (χ3n) is 5.72. The lowest BCUT2D eigenvalue weighted by Gasteiger charge is -2.34. The van der Waals surface area contributed by atoms with E-state index in [0.29, 0.717) is 5.75 Å². The molecule has 2 heterocycles. The average Bonchev–Trinajstić information content (AvgIpc) is 3.17. The largest absolute Gasteiger partial charge is 0.508 e. The molecule has 0 spiro atoms. The van der Waals surface area contributed by atoms with Crippen LogP contribution in [0.4, 0.5) is 0 Å². The van der Waals surface area contributed by atoms with Crippen LogP contribution in [0.5, 0.6) is 5.75 Å². The molecule has 158 valence electrons. The zero-order valence-electron chi connectivity index (χ0n) is 17.3. The number of rotatable bonds is 7. The maximum atomic E-state index is 10.5. The number of phenols is 1. The van der Waals surface area contributed by atoms with Crippen LogP contribution < -0.4 is 0 Å². The van der Waals surface area contributed by atoms with Gasteiger partial charge in [0.25, 0.3) is 0 Å². The molecular weight excluding hydrogens is 428 g/mol. The number of piperazine rings is 1. The van der Waals surface area contributed by atoms with Gasteiger partial charge in [0.15, 0.2) is 0 Å². The van der Waals surface area contributed by atoms with E-state index < -0.39 is 0 Å². The third-order valence-corrected chi connectivity index (χ3v) is 8.79. The number of benzene rings is 2. The van der Waals surface area contributed by atoms with Crippen LogP contribution in [-0.4, -0.2) is 47.6 Å². The molecule has 30 heavy (non-hydrogen) atoms. The highest BCUT2D eigenvalue weighted by Crippen LogP contribution is 2.42. The van der Waals surface area contributed by atoms with E-state index in [4.69, 9.17) is 12.2 Å². The number of unbranched alkanes of at least 4 members (excludes halogenated alkanes) is 1. The Kier molecular flexibility index (Phi) is 7.33. The first-order chi connectivity index (χ1) is 14.7. The monoisotopic (exact) mass is 456 g/mol. The summed E-state index contributed by atoms with van der Waals surface area (Å²) in [6.07, 6.45) is 2.53. The molecule has 1 fully saturated rings. The van der Waals surface area contributed by atoms with E-state index in [9.17, 15) is 5.11 Å². The summed E-state index contributed by atoms with van der Waals surface area (Å²) in [6, 6.07) is 16.4. The van der Waals surface area contributed by atoms with Crippen LogP contribution in [0.25, 0.3) is 21.6 Å². The highest BCUT2D eigenvalue weighted by Gasteiger charge is 2.19. The van der Waals surface area contributed by atoms with Crippen molar-refractivity contribution in [1.82, 2.24) is 9.80 Å². The number of nitrogens with zero attached hydrogens (tertiary/aromatic N) is 2. The van der Waals surface area contributed by atoms with Crippen LogP contribution in [0.2, 0.25) is 0 Å². The minimum Gasteiger partial charge on any atom is -0.508 e. The number of aromatic hydroxyl groups is 1. The SMILES string of the molecule is CCCCN1CCN(Cc2cc(-c3ssc(=S)c3-c3ccccc3)ccc2O)CC1. The van der Waals surface area contributed by atoms with E-state index in [1.165, 1.54) is 24.3 Å². The maximum absolute atomic E-state index is 10.5. The Hall–Kier alpha value is -1.57. The normalized spacial score (nSPS) is 15.5. The first kappa shape index (κ1) is 21.7. The lowest BCUT2D eigenvalue weighted by Crippen LogP contribution is -2.46. The number of hydrogen-bond donors (Lipinski definition) is 1. The van der Waals surface area contributed by atoms with Gasteiger partial charge in [-0.15, -0.1) is 0 Å². The quantitative estimate of drug-likeness (QED) is 0.324. The fraction of sp³-hybridized carbons (Fsp3) is 0.375. The van der Waals surface area contributed by atoms with E-state index in [1.807, 2.05) is 18.2 Å². The summed E-state index contributed by atoms with van der Waals surface area (Å²) in [5, 5.41) is 10.5. The van der Waals surface area contributed by atoms with Gasteiger partial charge in [0, 0.05) is 43.9 Å². The molecule has 0 radical (unpaired) electrons. The van der Waals surface area contributed by atoms with Crippen molar-refractivity contribution in [1.29, 1.82) is 0 Å². The van der Waals surface area contributed by atoms with Crippen LogP contribution >= 0.6 is 32.9 Å². The van der Waals surface area contributed by atoms with Crippen LogP contribution in [-0.2, 0) is 6.54 Å². The molecule has 1 aliphatic heterocycles. The summed E-state index contributed by atoms with van der Waals surface area (Å²) in [6.45, 7) is 8.58. The third kappa shape index (κ3) is 5.01. The zero-order valence-corrected chi connectivity index (χ0v) is 19.8. The van der Waals surface area contributed by atoms with Crippen LogP contribution in [0, 0.1) is 3.82 Å². The van der Waals surface area contributed by atoms with Crippen molar-refractivity contribution in [2.45, 2.75) is 26.3 Å². The predicted molar refractivity (Wildman–Crippen MR) is 132 cm³/mol. The Morgan fingerprint density at radius 1 is 0.933 bits per heavy atom. The molecular formula is C24H28N2OS3. The molecule has 1 N–H and O–H groups in total. The van der Waals surface area contributed by atoms with Gasteiger partial charge >= 0.3 is 0 Å². The van der Waals surface area contributed by atoms with Gasteiger partial charge in [0.05, 0.1) is 4.88 Å². The fourth-order valence-electron chi connectivity index (χ4n) is 3.95. The molecule has 1 aromatic heterocycles. The fourth-order valence-corrected chi connectivity index (χ4v) is 6.86. The van der Waals surface area contributed by atoms with Crippen LogP contribution in [0.15, 0.2) is 48.5 Å². The van der Waals surface area contributed by atoms with Gasteiger partial charge in [-0.3, -0.25) is 4.90 Å². The second kappa shape index (κ2) is 10.2. The minimum atomic E-state index is 0.382. The van der Waals surface area contributed by atoms with Gasteiger partial charge in [-0.25, -0.2) is 0 Å². The van der Waals surface area contributed by atoms with Crippen molar-refractivity contribution < 1.29 is 5.11 Å². The summed E-state index contributed by atoms with van der Waals surface area (Å²) in [7, 11) is 3.38. The predicted octanol–water partition coefficient (Wildman–Crippen LogP) is 6.50. The molecule has 1 aliphatic rings. The van der Waals surface area contributed by atoms with E-state index in [0.717, 1.165) is 58.8 Å². The Morgan fingerprint density at radius 3 is 2.40 bits per heavy atom. The van der Waals surface area contributed by atoms with Crippen molar-refractivity contribution in [2.75, 3.05) is 32.7 Å². The van der Waals surface area contributed by atoms with Gasteiger partial charge in [-0.05, 0) is 42.3 Å². The van der Waals surface area contributed by atoms with Gasteiger partial charge < -0.3 is 10.0 Å². The molecule has 4 rings (SSSR count). The second-order valence-corrected chi connectivity index (χ2v) is 10.7. The molecule has 3 nitrogen and oxygen atoms in total. The molecule has 3 aromatic rings. The zero-order chi connectivity index (χ0) is 20.9. The topological polar surface area (TPSA) is 26.7 Å². The molecule has 0 unspecified atom stereocenters. The number of phenolic OH excluding ortho intramolecular Hbond substituents is 1. The van der Waals surface area contributed by atoms with Crippen LogP contribution in [0.1, 0.15) is 25.3 Å². The standard InChI is InChI=1S/C24H28N2OS3/c1-2-3-11-25-12-14-26(15-13-25)17-20-16-19(9-10-21(20)27)23-22(24(28)30-29-23)18-7-5-4-6-8-18/h4-10,16,27H,2-3,11-15,17H2,1H3. The van der Waals surface area contributed by atoms with E-state index in [-0.39, 0.29) is 0 Å². The van der Waals surface area contributed by atoms with E-state index in [2.05, 4.69) is 47.1 Å². The van der Waals surface area contributed by atoms with Crippen molar-refractivity contribution in [2.24, 2.45) is 0 Å². The van der Waals surface area contributed by atoms with Crippen molar-refractivity contribution in [3.8, 4) is 27.3 Å². The Labute approximate surface area is 191 Å². The van der Waals surface area contributed by atoms with Gasteiger partial charge in [0.1, 0.15) is 9.57 Å².